The van der Waals surface area contributed by atoms with Crippen LogP contribution in [-0.4, -0.2) is 32.5 Å². The van der Waals surface area contributed by atoms with E-state index in [1.807, 2.05) is 0 Å². The molecule has 0 aromatic heterocycles. The maximum atomic E-state index is 12.7. The van der Waals surface area contributed by atoms with E-state index in [1.165, 1.54) is 11.8 Å². The van der Waals surface area contributed by atoms with E-state index in [0.29, 0.717) is 11.4 Å². The Balaban J connectivity index is 2.17. The third-order valence-corrected chi connectivity index (χ3v) is 4.34. The van der Waals surface area contributed by atoms with Gasteiger partial charge in [-0.2, -0.15) is 8.42 Å². The van der Waals surface area contributed by atoms with Gasteiger partial charge in [0, 0.05) is 37.2 Å². The van der Waals surface area contributed by atoms with Gasteiger partial charge in [0.2, 0.25) is 11.8 Å². The molecule has 8 heteroatoms. The van der Waals surface area contributed by atoms with Gasteiger partial charge in [-0.1, -0.05) is 0 Å². The molecule has 1 atom stereocenters. The van der Waals surface area contributed by atoms with Crippen LogP contribution >= 0.6 is 0 Å². The number of halogens is 1. The fourth-order valence-corrected chi connectivity index (χ4v) is 3.36. The lowest BCUT2D eigenvalue weighted by Crippen LogP contribution is -2.25. The molecule has 0 aliphatic carbocycles. The SMILES string of the molecule is CC(=O)Nc1ccc(N2CC(CS(=O)(=O)F)CC2=O)cc1C. The number of carbonyl (C=O) groups is 2. The van der Waals surface area contributed by atoms with Crippen LogP contribution in [0, 0.1) is 12.8 Å². The van der Waals surface area contributed by atoms with Gasteiger partial charge in [-0.3, -0.25) is 9.59 Å². The molecule has 1 aliphatic heterocycles. The van der Waals surface area contributed by atoms with Crippen molar-refractivity contribution in [3.63, 3.8) is 0 Å². The predicted molar refractivity (Wildman–Crippen MR) is 80.8 cm³/mol. The monoisotopic (exact) mass is 328 g/mol. The third kappa shape index (κ3) is 4.03. The Morgan fingerprint density at radius 3 is 2.68 bits per heavy atom. The van der Waals surface area contributed by atoms with Crippen LogP contribution < -0.4 is 10.2 Å². The smallest absolute Gasteiger partial charge is 0.302 e. The molecule has 1 N–H and O–H groups in total. The Morgan fingerprint density at radius 2 is 2.14 bits per heavy atom. The highest BCUT2D eigenvalue weighted by molar-refractivity contribution is 7.86. The summed E-state index contributed by atoms with van der Waals surface area (Å²) in [5.41, 5.74) is 2.03. The maximum Gasteiger partial charge on any atom is 0.302 e. The van der Waals surface area contributed by atoms with Gasteiger partial charge in [0.15, 0.2) is 0 Å². The fourth-order valence-electron chi connectivity index (χ4n) is 2.57. The zero-order valence-electron chi connectivity index (χ0n) is 12.3. The zero-order valence-corrected chi connectivity index (χ0v) is 13.1. The van der Waals surface area contributed by atoms with Crippen molar-refractivity contribution in [3.8, 4) is 0 Å². The van der Waals surface area contributed by atoms with E-state index in [4.69, 9.17) is 0 Å². The van der Waals surface area contributed by atoms with Crippen molar-refractivity contribution in [2.75, 3.05) is 22.5 Å². The molecule has 2 rings (SSSR count). The number of benzene rings is 1. The van der Waals surface area contributed by atoms with Crippen molar-refractivity contribution >= 4 is 33.4 Å². The minimum Gasteiger partial charge on any atom is -0.326 e. The van der Waals surface area contributed by atoms with Crippen LogP contribution in [-0.2, 0) is 19.8 Å². The molecule has 1 aliphatic rings. The number of hydrogen-bond donors (Lipinski definition) is 1. The van der Waals surface area contributed by atoms with Gasteiger partial charge in [-0.05, 0) is 30.7 Å². The minimum absolute atomic E-state index is 0.00957. The summed E-state index contributed by atoms with van der Waals surface area (Å²) in [6.07, 6.45) is 0.00957. The number of hydrogen-bond acceptors (Lipinski definition) is 4. The number of anilines is 2. The highest BCUT2D eigenvalue weighted by Crippen LogP contribution is 2.29. The fraction of sp³-hybridized carbons (Fsp3) is 0.429. The van der Waals surface area contributed by atoms with Gasteiger partial charge in [0.05, 0.1) is 5.75 Å². The number of aryl methyl sites for hydroxylation is 1. The van der Waals surface area contributed by atoms with Crippen molar-refractivity contribution in [3.05, 3.63) is 23.8 Å². The van der Waals surface area contributed by atoms with E-state index in [9.17, 15) is 21.9 Å². The van der Waals surface area contributed by atoms with Crippen LogP contribution in [0.15, 0.2) is 18.2 Å². The molecule has 120 valence electrons. The van der Waals surface area contributed by atoms with Gasteiger partial charge < -0.3 is 10.2 Å². The second-order valence-corrected chi connectivity index (χ2v) is 6.87. The second kappa shape index (κ2) is 6.04. The first-order valence-corrected chi connectivity index (χ1v) is 8.32. The summed E-state index contributed by atoms with van der Waals surface area (Å²) >= 11 is 0. The summed E-state index contributed by atoms with van der Waals surface area (Å²) in [4.78, 5) is 24.5. The van der Waals surface area contributed by atoms with Crippen LogP contribution in [0.1, 0.15) is 18.9 Å². The Bertz CT molecular complexity index is 718. The molecular weight excluding hydrogens is 311 g/mol. The van der Waals surface area contributed by atoms with Crippen molar-refractivity contribution in [1.29, 1.82) is 0 Å². The summed E-state index contributed by atoms with van der Waals surface area (Å²) in [5, 5.41) is 2.67. The molecule has 0 radical (unpaired) electrons. The molecule has 0 saturated carbocycles. The number of carbonyl (C=O) groups excluding carboxylic acids is 2. The topological polar surface area (TPSA) is 83.6 Å². The molecule has 1 aromatic carbocycles. The molecule has 1 heterocycles. The predicted octanol–water partition coefficient (Wildman–Crippen LogP) is 1.61. The summed E-state index contributed by atoms with van der Waals surface area (Å²) < 4.78 is 34.1. The Kier molecular flexibility index (Phi) is 4.50. The van der Waals surface area contributed by atoms with E-state index >= 15 is 0 Å². The van der Waals surface area contributed by atoms with E-state index in [0.717, 1.165) is 5.56 Å². The summed E-state index contributed by atoms with van der Waals surface area (Å²) in [5.74, 6) is -1.61. The number of nitrogens with zero attached hydrogens (tertiary/aromatic N) is 1. The Hall–Kier alpha value is -1.96. The van der Waals surface area contributed by atoms with Gasteiger partial charge >= 0.3 is 10.2 Å². The highest BCUT2D eigenvalue weighted by atomic mass is 32.3. The van der Waals surface area contributed by atoms with Crippen molar-refractivity contribution in [1.82, 2.24) is 0 Å². The highest BCUT2D eigenvalue weighted by Gasteiger charge is 2.33. The van der Waals surface area contributed by atoms with Crippen LogP contribution in [0.4, 0.5) is 15.3 Å². The van der Waals surface area contributed by atoms with Crippen molar-refractivity contribution in [2.45, 2.75) is 20.3 Å². The first-order valence-electron chi connectivity index (χ1n) is 6.76. The third-order valence-electron chi connectivity index (χ3n) is 3.47. The largest absolute Gasteiger partial charge is 0.326 e. The summed E-state index contributed by atoms with van der Waals surface area (Å²) in [6, 6.07) is 5.08. The molecule has 1 saturated heterocycles. The van der Waals surface area contributed by atoms with E-state index in [2.05, 4.69) is 5.32 Å². The van der Waals surface area contributed by atoms with Crippen LogP contribution in [0.5, 0.6) is 0 Å². The normalized spacial score (nSPS) is 18.6. The Morgan fingerprint density at radius 1 is 1.45 bits per heavy atom. The molecule has 2 amide bonds. The lowest BCUT2D eigenvalue weighted by atomic mass is 10.1. The average Bonchev–Trinajstić information content (AvgIpc) is 2.70. The molecule has 0 bridgehead atoms. The molecule has 1 aromatic rings. The van der Waals surface area contributed by atoms with Crippen molar-refractivity contribution < 1.29 is 21.9 Å². The lowest BCUT2D eigenvalue weighted by molar-refractivity contribution is -0.117. The number of amides is 2. The van der Waals surface area contributed by atoms with Crippen LogP contribution in [0.3, 0.4) is 0 Å². The van der Waals surface area contributed by atoms with E-state index in [-0.39, 0.29) is 24.8 Å². The van der Waals surface area contributed by atoms with Gasteiger partial charge in [-0.15, -0.1) is 3.89 Å². The minimum atomic E-state index is -4.59. The molecule has 1 fully saturated rings. The summed E-state index contributed by atoms with van der Waals surface area (Å²) in [6.45, 7) is 3.36. The molecular formula is C14H17FN2O4S. The van der Waals surface area contributed by atoms with Crippen molar-refractivity contribution in [2.24, 2.45) is 5.92 Å². The molecule has 6 nitrogen and oxygen atoms in total. The first kappa shape index (κ1) is 16.4. The molecule has 22 heavy (non-hydrogen) atoms. The molecule has 0 spiro atoms. The van der Waals surface area contributed by atoms with Crippen LogP contribution in [0.2, 0.25) is 0 Å². The second-order valence-electron chi connectivity index (χ2n) is 5.46. The number of nitrogens with one attached hydrogen (secondary N) is 1. The standard InChI is InChI=1S/C14H17FN2O4S/c1-9-5-12(3-4-13(9)16-10(2)18)17-7-11(6-14(17)19)8-22(15,20)21/h3-5,11H,6-8H2,1-2H3,(H,16,18). The molecule has 1 unspecified atom stereocenters. The van der Waals surface area contributed by atoms with Gasteiger partial charge in [0.1, 0.15) is 0 Å². The Labute approximate surface area is 128 Å². The quantitative estimate of drug-likeness (QED) is 0.851. The van der Waals surface area contributed by atoms with Crippen LogP contribution in [0.25, 0.3) is 0 Å². The van der Waals surface area contributed by atoms with E-state index < -0.39 is 21.9 Å². The van der Waals surface area contributed by atoms with E-state index in [1.54, 1.807) is 25.1 Å². The number of rotatable bonds is 4. The first-order chi connectivity index (χ1) is 10.2. The van der Waals surface area contributed by atoms with Gasteiger partial charge in [0.25, 0.3) is 0 Å². The maximum absolute atomic E-state index is 12.7. The lowest BCUT2D eigenvalue weighted by Gasteiger charge is -2.18. The summed E-state index contributed by atoms with van der Waals surface area (Å²) in [7, 11) is -4.59. The average molecular weight is 328 g/mol. The zero-order chi connectivity index (χ0) is 16.5. The van der Waals surface area contributed by atoms with Gasteiger partial charge in [-0.25, -0.2) is 0 Å².